The Kier molecular flexibility index (Phi) is 11.2. The number of likely N-dealkylation sites (tertiary alicyclic amines) is 1. The number of nitrogens with zero attached hydrogens (tertiary/aromatic N) is 10. The second kappa shape index (κ2) is 16.7. The lowest BCUT2D eigenvalue weighted by molar-refractivity contribution is -0.0130. The minimum atomic E-state index is -0.682. The molecule has 6 aromatic rings. The average molecular weight is 848 g/mol. The molecule has 8 rings (SSSR count). The number of benzene rings is 1. The van der Waals surface area contributed by atoms with E-state index in [0.29, 0.717) is 71.3 Å². The number of hydrogen-bond donors (Lipinski definition) is 5. The molecule has 0 saturated carbocycles. The molecular weight excluding hydrogens is 799 g/mol. The highest BCUT2D eigenvalue weighted by atomic mass is 16.5. The van der Waals surface area contributed by atoms with Crippen LogP contribution in [0.3, 0.4) is 0 Å². The molecule has 2 aliphatic heterocycles. The molecule has 5 aromatic heterocycles. The average Bonchev–Trinajstić information content (AvgIpc) is 4.06. The number of nitrogen functional groups attached to an aromatic ring is 1. The third-order valence-electron chi connectivity index (χ3n) is 11.2. The summed E-state index contributed by atoms with van der Waals surface area (Å²) in [5, 5.41) is 14.6. The van der Waals surface area contributed by atoms with Gasteiger partial charge in [-0.1, -0.05) is 12.2 Å². The fourth-order valence-electron chi connectivity index (χ4n) is 8.13. The monoisotopic (exact) mass is 847 g/mol. The van der Waals surface area contributed by atoms with Gasteiger partial charge in [0.2, 0.25) is 23.7 Å². The number of ether oxygens (including phenoxy) is 2. The van der Waals surface area contributed by atoms with E-state index in [9.17, 15) is 19.2 Å². The number of carbonyl (C=O) groups excluding carboxylic acids is 4. The van der Waals surface area contributed by atoms with E-state index in [2.05, 4.69) is 35.7 Å². The van der Waals surface area contributed by atoms with Crippen molar-refractivity contribution in [3.05, 3.63) is 76.5 Å². The van der Waals surface area contributed by atoms with E-state index in [-0.39, 0.29) is 52.9 Å². The van der Waals surface area contributed by atoms with Crippen LogP contribution in [0.4, 0.5) is 17.6 Å². The van der Waals surface area contributed by atoms with Gasteiger partial charge in [-0.2, -0.15) is 10.2 Å². The van der Waals surface area contributed by atoms with Gasteiger partial charge in [0.05, 0.1) is 34.8 Å². The van der Waals surface area contributed by atoms with Crippen LogP contribution in [0.2, 0.25) is 0 Å². The summed E-state index contributed by atoms with van der Waals surface area (Å²) in [4.78, 5) is 68.2. The molecule has 2 aliphatic rings. The summed E-state index contributed by atoms with van der Waals surface area (Å²) >= 11 is 0. The van der Waals surface area contributed by atoms with Gasteiger partial charge in [0.1, 0.15) is 34.8 Å². The number of carbonyl (C=O) groups is 4. The van der Waals surface area contributed by atoms with Crippen molar-refractivity contribution in [1.29, 1.82) is 0 Å². The van der Waals surface area contributed by atoms with Crippen molar-refractivity contribution in [2.45, 2.75) is 60.3 Å². The highest BCUT2D eigenvalue weighted by Crippen LogP contribution is 2.38. The molecule has 62 heavy (non-hydrogen) atoms. The number of hydrogen-bond acceptors (Lipinski definition) is 13. The number of nitrogens with two attached hydrogens (primary N) is 3. The van der Waals surface area contributed by atoms with Gasteiger partial charge in [-0.3, -0.25) is 48.6 Å². The lowest BCUT2D eigenvalue weighted by Crippen LogP contribution is -2.57. The predicted molar refractivity (Wildman–Crippen MR) is 229 cm³/mol. The normalized spacial score (nSPS) is 14.9. The zero-order chi connectivity index (χ0) is 43.9. The van der Waals surface area contributed by atoms with Crippen LogP contribution in [0.25, 0.3) is 22.2 Å². The first-order valence-electron chi connectivity index (χ1n) is 20.4. The molecule has 21 heteroatoms. The highest BCUT2D eigenvalue weighted by molar-refractivity contribution is 6.07. The van der Waals surface area contributed by atoms with Gasteiger partial charge in [-0.15, -0.1) is 0 Å². The van der Waals surface area contributed by atoms with Crippen LogP contribution >= 0.6 is 0 Å². The van der Waals surface area contributed by atoms with E-state index < -0.39 is 23.6 Å². The lowest BCUT2D eigenvalue weighted by atomic mass is 9.79. The van der Waals surface area contributed by atoms with Gasteiger partial charge in [0.15, 0.2) is 5.65 Å². The SMILES string of the molecule is CCn1nc(C)cc1C(=O)Nc1nc2cc(C(N)=O)cc(OCCN3CC4(CCOC4)C3)c2n1C/C=C/Cn1c(NC(=O)c2c(N)c(C)nn2CC)nc2cc(C(N)=O)cnc21. The van der Waals surface area contributed by atoms with E-state index in [1.807, 2.05) is 32.9 Å². The number of allylic oxidation sites excluding steroid dienone is 2. The van der Waals surface area contributed by atoms with Crippen LogP contribution in [-0.2, 0) is 30.9 Å². The Labute approximate surface area is 355 Å². The molecule has 8 N–H and O–H groups in total. The van der Waals surface area contributed by atoms with E-state index in [1.165, 1.54) is 16.9 Å². The Hall–Kier alpha value is -7.13. The summed E-state index contributed by atoms with van der Waals surface area (Å²) in [6, 6.07) is 6.35. The van der Waals surface area contributed by atoms with Gasteiger partial charge in [0, 0.05) is 69.6 Å². The molecule has 0 bridgehead atoms. The number of pyridine rings is 1. The van der Waals surface area contributed by atoms with E-state index in [0.717, 1.165) is 32.7 Å². The van der Waals surface area contributed by atoms with Gasteiger partial charge in [-0.25, -0.2) is 15.0 Å². The van der Waals surface area contributed by atoms with Crippen molar-refractivity contribution < 1.29 is 28.7 Å². The van der Waals surface area contributed by atoms with E-state index in [4.69, 9.17) is 31.7 Å². The zero-order valence-corrected chi connectivity index (χ0v) is 35.0. The maximum atomic E-state index is 13.8. The number of fused-ring (bicyclic) bond motifs is 2. The first-order chi connectivity index (χ1) is 29.8. The number of rotatable bonds is 16. The molecule has 1 spiro atoms. The number of aryl methyl sites for hydroxylation is 4. The quantitative estimate of drug-likeness (QED) is 0.0877. The molecule has 324 valence electrons. The summed E-state index contributed by atoms with van der Waals surface area (Å²) in [6.45, 7) is 12.8. The summed E-state index contributed by atoms with van der Waals surface area (Å²) in [5.41, 5.74) is 21.7. The molecule has 2 saturated heterocycles. The molecular formula is C41H49N15O6. The maximum Gasteiger partial charge on any atom is 0.278 e. The van der Waals surface area contributed by atoms with Crippen molar-refractivity contribution >= 4 is 63.4 Å². The Bertz CT molecular complexity index is 2760. The smallest absolute Gasteiger partial charge is 0.278 e. The Morgan fingerprint density at radius 3 is 2.24 bits per heavy atom. The molecule has 0 aliphatic carbocycles. The molecule has 0 unspecified atom stereocenters. The topological polar surface area (TPSA) is 276 Å². The number of imidazole rings is 2. The first kappa shape index (κ1) is 41.6. The van der Waals surface area contributed by atoms with Crippen LogP contribution in [-0.4, -0.2) is 112 Å². The first-order valence-corrected chi connectivity index (χ1v) is 20.4. The third-order valence-corrected chi connectivity index (χ3v) is 11.2. The predicted octanol–water partition coefficient (Wildman–Crippen LogP) is 2.47. The van der Waals surface area contributed by atoms with Gasteiger partial charge in [0.25, 0.3) is 11.8 Å². The molecule has 4 amide bonds. The minimum absolute atomic E-state index is 0.136. The molecule has 2 fully saturated rings. The summed E-state index contributed by atoms with van der Waals surface area (Å²) in [5.74, 6) is -1.61. The molecule has 0 radical (unpaired) electrons. The Morgan fingerprint density at radius 2 is 1.55 bits per heavy atom. The minimum Gasteiger partial charge on any atom is -0.490 e. The van der Waals surface area contributed by atoms with Crippen LogP contribution in [0, 0.1) is 19.3 Å². The zero-order valence-electron chi connectivity index (χ0n) is 35.0. The van der Waals surface area contributed by atoms with Crippen molar-refractivity contribution in [1.82, 2.24) is 48.5 Å². The molecule has 1 aromatic carbocycles. The number of primary amides is 2. The van der Waals surface area contributed by atoms with Crippen LogP contribution < -0.4 is 32.6 Å². The van der Waals surface area contributed by atoms with Crippen molar-refractivity contribution in [2.24, 2.45) is 16.9 Å². The van der Waals surface area contributed by atoms with Crippen molar-refractivity contribution in [3.63, 3.8) is 0 Å². The van der Waals surface area contributed by atoms with Crippen molar-refractivity contribution in [2.75, 3.05) is 55.8 Å². The molecule has 21 nitrogen and oxygen atoms in total. The third kappa shape index (κ3) is 7.94. The van der Waals surface area contributed by atoms with Gasteiger partial charge < -0.3 is 31.2 Å². The second-order valence-corrected chi connectivity index (χ2v) is 15.6. The number of anilines is 3. The van der Waals surface area contributed by atoms with Crippen LogP contribution in [0.1, 0.15) is 73.3 Å². The summed E-state index contributed by atoms with van der Waals surface area (Å²) in [7, 11) is 0. The molecule has 7 heterocycles. The lowest BCUT2D eigenvalue weighted by Gasteiger charge is -2.47. The summed E-state index contributed by atoms with van der Waals surface area (Å²) < 4.78 is 18.6. The molecule has 0 atom stereocenters. The summed E-state index contributed by atoms with van der Waals surface area (Å²) in [6.07, 6.45) is 6.06. The van der Waals surface area contributed by atoms with Crippen LogP contribution in [0.5, 0.6) is 5.75 Å². The van der Waals surface area contributed by atoms with Gasteiger partial charge >= 0.3 is 0 Å². The fourth-order valence-corrected chi connectivity index (χ4v) is 8.13. The Morgan fingerprint density at radius 1 is 0.871 bits per heavy atom. The number of amides is 4. The highest BCUT2D eigenvalue weighted by Gasteiger charge is 2.45. The second-order valence-electron chi connectivity index (χ2n) is 15.6. The van der Waals surface area contributed by atoms with Gasteiger partial charge in [-0.05, 0) is 58.4 Å². The number of nitrogens with one attached hydrogen (secondary N) is 2. The van der Waals surface area contributed by atoms with Crippen molar-refractivity contribution in [3.8, 4) is 5.75 Å². The standard InChI is InChI=1S/C41H49N15O6/c1-5-55-29(15-23(3)50-55)37(59)48-39-46-27-16-25(34(43)57)18-30(62-14-12-52-20-41(21-52)9-13-61-22-41)32(27)53(39)10-7-8-11-54-36-28(17-26(19-45-36)35(44)58)47-40(54)49-38(60)33-31(42)24(4)51-56(33)6-2/h7-8,15-19H,5-6,9-14,20-22,42H2,1-4H3,(H2,43,57)(H2,44,58)(H,46,48,59)(H,47,49,60)/b8-7+. The van der Waals surface area contributed by atoms with E-state index >= 15 is 0 Å². The largest absolute Gasteiger partial charge is 0.490 e. The van der Waals surface area contributed by atoms with Crippen LogP contribution in [0.15, 0.2) is 42.6 Å². The van der Waals surface area contributed by atoms with E-state index in [1.54, 1.807) is 38.9 Å². The number of aromatic nitrogens is 9. The fraction of sp³-hybridized carbons (Fsp3) is 0.390. The Balaban J connectivity index is 1.12. The maximum absolute atomic E-state index is 13.8.